The molecule has 45 heavy (non-hydrogen) atoms. The van der Waals surface area contributed by atoms with Crippen LogP contribution in [-0.4, -0.2) is 30.2 Å². The van der Waals surface area contributed by atoms with Gasteiger partial charge in [0, 0.05) is 18.0 Å². The highest BCUT2D eigenvalue weighted by Crippen LogP contribution is 2.32. The number of hydrogen-bond donors (Lipinski definition) is 4. The minimum Gasteiger partial charge on any atom is -0.485 e. The van der Waals surface area contributed by atoms with Gasteiger partial charge in [-0.05, 0) is 72.9 Å². The van der Waals surface area contributed by atoms with Gasteiger partial charge in [-0.1, -0.05) is 100 Å². The standard InChI is InChI=1S/C27H34N4O3.C11H16/c1-3-17(2)23(32)16-34-24-13-12-18(14-21(24)26(28)29)15-22(27(30)33)31-25(20-10-7-11-20)19-8-5-4-6-9-19;1-2-3-5-8-11-9-6-4-7-10-11/h4-6,8-9,12-14,17,22,31H,3,7,10-11,15-16H2,1-2H3,(H3,28,29)(H2,30,33);4,6-7,9-10H,2-3,5,8H2,1H3. The monoisotopic (exact) mass is 610 g/mol. The topological polar surface area (TPSA) is 131 Å². The van der Waals surface area contributed by atoms with E-state index in [1.807, 2.05) is 50.2 Å². The zero-order chi connectivity index (χ0) is 32.6. The summed E-state index contributed by atoms with van der Waals surface area (Å²) < 4.78 is 5.68. The van der Waals surface area contributed by atoms with E-state index >= 15 is 0 Å². The third-order valence-electron chi connectivity index (χ3n) is 8.25. The van der Waals surface area contributed by atoms with E-state index in [1.165, 1.54) is 36.8 Å². The number of hydrogen-bond acceptors (Lipinski definition) is 5. The Hall–Kier alpha value is -4.39. The molecule has 2 unspecified atom stereocenters. The lowest BCUT2D eigenvalue weighted by Gasteiger charge is -2.27. The molecule has 3 aromatic carbocycles. The molecular formula is C38H50N4O3. The molecule has 0 spiro atoms. The van der Waals surface area contributed by atoms with Gasteiger partial charge < -0.3 is 21.5 Å². The number of nitrogens with two attached hydrogens (primary N) is 2. The van der Waals surface area contributed by atoms with Crippen LogP contribution >= 0.6 is 0 Å². The molecule has 1 fully saturated rings. The van der Waals surface area contributed by atoms with Gasteiger partial charge in [0.25, 0.3) is 0 Å². The van der Waals surface area contributed by atoms with Gasteiger partial charge in [-0.25, -0.2) is 0 Å². The van der Waals surface area contributed by atoms with Gasteiger partial charge in [0.15, 0.2) is 5.78 Å². The first-order valence-electron chi connectivity index (χ1n) is 16.2. The Morgan fingerprint density at radius 2 is 1.58 bits per heavy atom. The average Bonchev–Trinajstić information content (AvgIpc) is 3.03. The molecule has 0 bridgehead atoms. The van der Waals surface area contributed by atoms with Crippen molar-refractivity contribution in [2.45, 2.75) is 84.6 Å². The van der Waals surface area contributed by atoms with E-state index in [0.717, 1.165) is 42.5 Å². The number of primary amides is 1. The lowest BCUT2D eigenvalue weighted by Crippen LogP contribution is -2.42. The molecule has 240 valence electrons. The highest BCUT2D eigenvalue weighted by molar-refractivity contribution is 5.98. The summed E-state index contributed by atoms with van der Waals surface area (Å²) in [6.07, 6.45) is 9.44. The molecule has 1 aliphatic carbocycles. The molecule has 7 heteroatoms. The molecule has 3 aromatic rings. The molecule has 1 saturated carbocycles. The van der Waals surface area contributed by atoms with Crippen molar-refractivity contribution >= 4 is 23.2 Å². The van der Waals surface area contributed by atoms with Gasteiger partial charge in [0.2, 0.25) is 5.91 Å². The largest absolute Gasteiger partial charge is 0.485 e. The fraction of sp³-hybridized carbons (Fsp3) is 0.395. The predicted molar refractivity (Wildman–Crippen MR) is 184 cm³/mol. The van der Waals surface area contributed by atoms with Crippen LogP contribution in [0.2, 0.25) is 0 Å². The third kappa shape index (κ3) is 11.2. The van der Waals surface area contributed by atoms with Crippen LogP contribution in [0.3, 0.4) is 0 Å². The molecule has 0 saturated heterocycles. The zero-order valence-electron chi connectivity index (χ0n) is 27.1. The summed E-state index contributed by atoms with van der Waals surface area (Å²) in [6, 6.07) is 25.2. The number of benzene rings is 3. The first-order chi connectivity index (χ1) is 21.7. The summed E-state index contributed by atoms with van der Waals surface area (Å²) in [5, 5.41) is 11.3. The average molecular weight is 611 g/mol. The minimum absolute atomic E-state index is 0.00320. The molecule has 1 amide bonds. The Balaban J connectivity index is 0.000000423. The van der Waals surface area contributed by atoms with E-state index in [0.29, 0.717) is 17.7 Å². The number of allylic oxidation sites excluding steroid dienone is 1. The fourth-order valence-electron chi connectivity index (χ4n) is 5.01. The summed E-state index contributed by atoms with van der Waals surface area (Å²) >= 11 is 0. The second-order valence-corrected chi connectivity index (χ2v) is 11.8. The molecule has 0 radical (unpaired) electrons. The summed E-state index contributed by atoms with van der Waals surface area (Å²) in [6.45, 7) is 5.98. The first-order valence-corrected chi connectivity index (χ1v) is 16.2. The van der Waals surface area contributed by atoms with Crippen molar-refractivity contribution in [1.29, 1.82) is 5.41 Å². The van der Waals surface area contributed by atoms with E-state index in [9.17, 15) is 9.59 Å². The zero-order valence-corrected chi connectivity index (χ0v) is 27.1. The van der Waals surface area contributed by atoms with Crippen molar-refractivity contribution in [2.24, 2.45) is 17.4 Å². The highest BCUT2D eigenvalue weighted by Gasteiger charge is 2.23. The maximum absolute atomic E-state index is 12.4. The number of rotatable bonds is 16. The smallest absolute Gasteiger partial charge is 0.240 e. The number of nitrogen functional groups attached to an aromatic ring is 1. The summed E-state index contributed by atoms with van der Waals surface area (Å²) in [4.78, 5) is 24.5. The van der Waals surface area contributed by atoms with Crippen LogP contribution in [0.25, 0.3) is 5.70 Å². The molecule has 7 nitrogen and oxygen atoms in total. The third-order valence-corrected chi connectivity index (χ3v) is 8.25. The molecule has 4 rings (SSSR count). The number of amides is 1. The number of carbonyl (C=O) groups excluding carboxylic acids is 2. The Labute approximate surface area is 269 Å². The van der Waals surface area contributed by atoms with Gasteiger partial charge >= 0.3 is 0 Å². The molecule has 6 N–H and O–H groups in total. The number of ether oxygens (including phenoxy) is 1. The number of carbonyl (C=O) groups is 2. The van der Waals surface area contributed by atoms with Crippen LogP contribution in [0.5, 0.6) is 5.75 Å². The van der Waals surface area contributed by atoms with E-state index in [4.69, 9.17) is 21.6 Å². The second-order valence-electron chi connectivity index (χ2n) is 11.8. The van der Waals surface area contributed by atoms with Gasteiger partial charge in [-0.2, -0.15) is 0 Å². The van der Waals surface area contributed by atoms with Crippen LogP contribution in [-0.2, 0) is 22.4 Å². The Kier molecular flexibility index (Phi) is 14.4. The van der Waals surface area contributed by atoms with Crippen molar-refractivity contribution in [3.05, 3.63) is 107 Å². The SMILES string of the molecule is CCC(C)C(=O)COc1ccc(CC(NC(=C2CCC2)c2ccccc2)C(N)=O)cc1C(=N)N.CCCCCc1ccccc1. The highest BCUT2D eigenvalue weighted by atomic mass is 16.5. The summed E-state index contributed by atoms with van der Waals surface area (Å²) in [7, 11) is 0. The van der Waals surface area contributed by atoms with Gasteiger partial charge in [-0.3, -0.25) is 15.0 Å². The van der Waals surface area contributed by atoms with Crippen molar-refractivity contribution in [3.8, 4) is 5.75 Å². The summed E-state index contributed by atoms with van der Waals surface area (Å²) in [5.41, 5.74) is 17.5. The Morgan fingerprint density at radius 3 is 2.13 bits per heavy atom. The molecule has 2 atom stereocenters. The lowest BCUT2D eigenvalue weighted by atomic mass is 9.88. The van der Waals surface area contributed by atoms with Crippen LogP contribution in [0.1, 0.15) is 88.0 Å². The molecule has 0 aromatic heterocycles. The number of unbranched alkanes of at least 4 members (excludes halogenated alkanes) is 2. The summed E-state index contributed by atoms with van der Waals surface area (Å²) in [5.74, 6) is -0.351. The van der Waals surface area contributed by atoms with E-state index in [2.05, 4.69) is 42.6 Å². The number of amidine groups is 1. The van der Waals surface area contributed by atoms with E-state index in [-0.39, 0.29) is 24.1 Å². The van der Waals surface area contributed by atoms with Crippen LogP contribution in [0.4, 0.5) is 0 Å². The van der Waals surface area contributed by atoms with E-state index in [1.54, 1.807) is 12.1 Å². The predicted octanol–water partition coefficient (Wildman–Crippen LogP) is 6.97. The van der Waals surface area contributed by atoms with Gasteiger partial charge in [-0.15, -0.1) is 0 Å². The van der Waals surface area contributed by atoms with Gasteiger partial charge in [0.05, 0.1) is 5.56 Å². The van der Waals surface area contributed by atoms with Crippen molar-refractivity contribution in [1.82, 2.24) is 5.32 Å². The normalized spacial score (nSPS) is 13.4. The van der Waals surface area contributed by atoms with Crippen LogP contribution in [0.15, 0.2) is 84.4 Å². The maximum Gasteiger partial charge on any atom is 0.240 e. The number of ketones is 1. The van der Waals surface area contributed by atoms with Gasteiger partial charge in [0.1, 0.15) is 24.2 Å². The maximum atomic E-state index is 12.4. The molecule has 1 aliphatic rings. The van der Waals surface area contributed by atoms with Crippen molar-refractivity contribution < 1.29 is 14.3 Å². The van der Waals surface area contributed by atoms with Crippen molar-refractivity contribution in [3.63, 3.8) is 0 Å². The molecule has 0 aliphatic heterocycles. The number of Topliss-reactive ketones (excluding diaryl/α,β-unsaturated/α-hetero) is 1. The first kappa shape index (κ1) is 35.1. The van der Waals surface area contributed by atoms with E-state index < -0.39 is 11.9 Å². The quantitative estimate of drug-likeness (QED) is 0.0791. The van der Waals surface area contributed by atoms with Crippen LogP contribution in [0, 0.1) is 11.3 Å². The van der Waals surface area contributed by atoms with Crippen LogP contribution < -0.4 is 21.5 Å². The Morgan fingerprint density at radius 1 is 0.911 bits per heavy atom. The minimum atomic E-state index is -0.637. The Bertz CT molecular complexity index is 1410. The second kappa shape index (κ2) is 18.4. The molecule has 0 heterocycles. The lowest BCUT2D eigenvalue weighted by molar-refractivity contribution is -0.124. The number of nitrogens with one attached hydrogen (secondary N) is 2. The fourth-order valence-corrected chi connectivity index (χ4v) is 5.01. The molecular weight excluding hydrogens is 560 g/mol. The van der Waals surface area contributed by atoms with Crippen molar-refractivity contribution in [2.75, 3.05) is 6.61 Å². The number of aryl methyl sites for hydroxylation is 1.